The van der Waals surface area contributed by atoms with Crippen LogP contribution in [0.3, 0.4) is 0 Å². The number of sulfonamides is 1. The monoisotopic (exact) mass is 494 g/mol. The largest absolute Gasteiger partial charge is 0.497 e. The molecule has 0 saturated heterocycles. The summed E-state index contributed by atoms with van der Waals surface area (Å²) in [6, 6.07) is 21.1. The summed E-state index contributed by atoms with van der Waals surface area (Å²) in [6.07, 6.45) is 0.716. The third kappa shape index (κ3) is 6.85. The number of anilines is 1. The van der Waals surface area contributed by atoms with Gasteiger partial charge in [-0.25, -0.2) is 8.42 Å². The average molecular weight is 495 g/mol. The van der Waals surface area contributed by atoms with E-state index in [1.807, 2.05) is 44.2 Å². The summed E-state index contributed by atoms with van der Waals surface area (Å²) in [4.78, 5) is 13.4. The van der Waals surface area contributed by atoms with E-state index in [4.69, 9.17) is 4.74 Å². The van der Waals surface area contributed by atoms with Crippen molar-refractivity contribution in [1.82, 2.24) is 5.32 Å². The normalized spacial score (nSPS) is 12.3. The molecule has 0 aromatic heterocycles. The van der Waals surface area contributed by atoms with E-state index < -0.39 is 10.0 Å². The highest BCUT2D eigenvalue weighted by Gasteiger charge is 2.28. The van der Waals surface area contributed by atoms with Gasteiger partial charge >= 0.3 is 0 Å². The highest BCUT2D eigenvalue weighted by Crippen LogP contribution is 2.26. The Bertz CT molecular complexity index is 1240. The van der Waals surface area contributed by atoms with E-state index in [1.54, 1.807) is 49.6 Å². The van der Waals surface area contributed by atoms with E-state index in [-0.39, 0.29) is 23.4 Å². The lowest BCUT2D eigenvalue weighted by Crippen LogP contribution is -2.42. The quantitative estimate of drug-likeness (QED) is 0.409. The minimum Gasteiger partial charge on any atom is -0.497 e. The first-order valence-corrected chi connectivity index (χ1v) is 13.1. The molecule has 0 unspecified atom stereocenters. The number of methoxy groups -OCH3 is 1. The molecular formula is C28H34N2O4S. The van der Waals surface area contributed by atoms with Crippen LogP contribution in [0.1, 0.15) is 43.0 Å². The summed E-state index contributed by atoms with van der Waals surface area (Å²) in [5.74, 6) is 0.688. The highest BCUT2D eigenvalue weighted by atomic mass is 32.2. The predicted molar refractivity (Wildman–Crippen MR) is 140 cm³/mol. The summed E-state index contributed by atoms with van der Waals surface area (Å²) in [7, 11) is -2.35. The SMILES string of the molecule is COc1ccc([C@H](CC(C)C)NC(=O)CN(c2cccc(C)c2)S(=O)(=O)c2ccc(C)cc2)cc1. The third-order valence-corrected chi connectivity index (χ3v) is 7.53. The van der Waals surface area contributed by atoms with Crippen LogP contribution < -0.4 is 14.4 Å². The van der Waals surface area contributed by atoms with Gasteiger partial charge in [0, 0.05) is 0 Å². The summed E-state index contributed by atoms with van der Waals surface area (Å²) in [5, 5.41) is 3.06. The first-order chi connectivity index (χ1) is 16.6. The molecule has 0 saturated carbocycles. The number of nitrogens with zero attached hydrogens (tertiary/aromatic N) is 1. The van der Waals surface area contributed by atoms with Gasteiger partial charge in [0.2, 0.25) is 5.91 Å². The number of aryl methyl sites for hydroxylation is 2. The van der Waals surface area contributed by atoms with Crippen LogP contribution in [-0.4, -0.2) is 28.0 Å². The van der Waals surface area contributed by atoms with Crippen LogP contribution in [-0.2, 0) is 14.8 Å². The zero-order chi connectivity index (χ0) is 25.6. The zero-order valence-electron chi connectivity index (χ0n) is 21.0. The van der Waals surface area contributed by atoms with E-state index in [9.17, 15) is 13.2 Å². The maximum Gasteiger partial charge on any atom is 0.264 e. The molecule has 1 N–H and O–H groups in total. The Morgan fingerprint density at radius 3 is 2.17 bits per heavy atom. The molecule has 3 rings (SSSR count). The average Bonchev–Trinajstić information content (AvgIpc) is 2.82. The first kappa shape index (κ1) is 26.3. The highest BCUT2D eigenvalue weighted by molar-refractivity contribution is 7.92. The molecule has 0 radical (unpaired) electrons. The van der Waals surface area contributed by atoms with Crippen LogP contribution in [0.4, 0.5) is 5.69 Å². The molecule has 0 aliphatic heterocycles. The van der Waals surface area contributed by atoms with Gasteiger partial charge in [0.25, 0.3) is 10.0 Å². The summed E-state index contributed by atoms with van der Waals surface area (Å²) >= 11 is 0. The maximum absolute atomic E-state index is 13.6. The van der Waals surface area contributed by atoms with Gasteiger partial charge < -0.3 is 10.1 Å². The molecule has 186 valence electrons. The standard InChI is InChI=1S/C28H34N2O4S/c1-20(2)17-27(23-11-13-25(34-5)14-12-23)29-28(31)19-30(24-8-6-7-22(4)18-24)35(32,33)26-15-9-21(3)10-16-26/h6-16,18,20,27H,17,19H2,1-5H3,(H,29,31)/t27-/m0/s1. The Morgan fingerprint density at radius 2 is 1.60 bits per heavy atom. The molecule has 0 aliphatic rings. The van der Waals surface area contributed by atoms with Gasteiger partial charge in [0.1, 0.15) is 12.3 Å². The molecule has 6 nitrogen and oxygen atoms in total. The molecule has 0 heterocycles. The molecule has 0 fully saturated rings. The number of nitrogens with one attached hydrogen (secondary N) is 1. The smallest absolute Gasteiger partial charge is 0.264 e. The minimum atomic E-state index is -3.96. The molecule has 3 aromatic carbocycles. The molecule has 0 spiro atoms. The maximum atomic E-state index is 13.6. The van der Waals surface area contributed by atoms with Crippen molar-refractivity contribution in [2.45, 2.75) is 45.1 Å². The van der Waals surface area contributed by atoms with Crippen LogP contribution in [0.5, 0.6) is 5.75 Å². The molecule has 0 aliphatic carbocycles. The van der Waals surface area contributed by atoms with Crippen molar-refractivity contribution in [3.63, 3.8) is 0 Å². The van der Waals surface area contributed by atoms with Crippen molar-refractivity contribution in [2.24, 2.45) is 5.92 Å². The number of carbonyl (C=O) groups is 1. The Labute approximate surface area is 209 Å². The number of hydrogen-bond acceptors (Lipinski definition) is 4. The summed E-state index contributed by atoms with van der Waals surface area (Å²) < 4.78 is 33.7. The zero-order valence-corrected chi connectivity index (χ0v) is 21.8. The molecular weight excluding hydrogens is 460 g/mol. The molecule has 3 aromatic rings. The molecule has 0 bridgehead atoms. The van der Waals surface area contributed by atoms with Crippen LogP contribution in [0.2, 0.25) is 0 Å². The van der Waals surface area contributed by atoms with Crippen molar-refractivity contribution >= 4 is 21.6 Å². The van der Waals surface area contributed by atoms with Gasteiger partial charge in [-0.15, -0.1) is 0 Å². The Kier molecular flexibility index (Phi) is 8.57. The fourth-order valence-electron chi connectivity index (χ4n) is 3.89. The van der Waals surface area contributed by atoms with Crippen molar-refractivity contribution in [1.29, 1.82) is 0 Å². The van der Waals surface area contributed by atoms with Crippen molar-refractivity contribution in [3.05, 3.63) is 89.5 Å². The number of hydrogen-bond donors (Lipinski definition) is 1. The van der Waals surface area contributed by atoms with Gasteiger partial charge in [0.05, 0.1) is 23.7 Å². The lowest BCUT2D eigenvalue weighted by Gasteiger charge is -2.27. The van der Waals surface area contributed by atoms with Gasteiger partial charge in [-0.05, 0) is 73.7 Å². The Morgan fingerprint density at radius 1 is 0.943 bits per heavy atom. The number of benzene rings is 3. The predicted octanol–water partition coefficient (Wildman–Crippen LogP) is 5.41. The first-order valence-electron chi connectivity index (χ1n) is 11.7. The molecule has 7 heteroatoms. The second-order valence-corrected chi connectivity index (χ2v) is 11.0. The van der Waals surface area contributed by atoms with E-state index in [0.29, 0.717) is 18.0 Å². The summed E-state index contributed by atoms with van der Waals surface area (Å²) in [6.45, 7) is 7.64. The van der Waals surface area contributed by atoms with Crippen molar-refractivity contribution in [3.8, 4) is 5.75 Å². The topological polar surface area (TPSA) is 75.7 Å². The van der Waals surface area contributed by atoms with Crippen LogP contribution in [0, 0.1) is 19.8 Å². The number of amides is 1. The van der Waals surface area contributed by atoms with Crippen LogP contribution in [0.15, 0.2) is 77.7 Å². The third-order valence-electron chi connectivity index (χ3n) is 5.75. The number of rotatable bonds is 10. The van der Waals surface area contributed by atoms with E-state index in [2.05, 4.69) is 19.2 Å². The lowest BCUT2D eigenvalue weighted by molar-refractivity contribution is -0.120. The van der Waals surface area contributed by atoms with E-state index in [0.717, 1.165) is 22.4 Å². The minimum absolute atomic E-state index is 0.145. The van der Waals surface area contributed by atoms with Crippen LogP contribution >= 0.6 is 0 Å². The fourth-order valence-corrected chi connectivity index (χ4v) is 5.30. The van der Waals surface area contributed by atoms with Gasteiger partial charge in [-0.2, -0.15) is 0 Å². The van der Waals surface area contributed by atoms with Gasteiger partial charge in [-0.3, -0.25) is 9.10 Å². The second-order valence-electron chi connectivity index (χ2n) is 9.19. The molecule has 1 amide bonds. The van der Waals surface area contributed by atoms with Gasteiger partial charge in [-0.1, -0.05) is 55.8 Å². The Hall–Kier alpha value is -3.32. The van der Waals surface area contributed by atoms with Crippen molar-refractivity contribution in [2.75, 3.05) is 18.0 Å². The second kappa shape index (κ2) is 11.4. The van der Waals surface area contributed by atoms with E-state index in [1.165, 1.54) is 4.31 Å². The Balaban J connectivity index is 1.92. The van der Waals surface area contributed by atoms with Crippen LogP contribution in [0.25, 0.3) is 0 Å². The van der Waals surface area contributed by atoms with E-state index >= 15 is 0 Å². The fraction of sp³-hybridized carbons (Fsp3) is 0.321. The molecule has 35 heavy (non-hydrogen) atoms. The van der Waals surface area contributed by atoms with Gasteiger partial charge in [0.15, 0.2) is 0 Å². The summed E-state index contributed by atoms with van der Waals surface area (Å²) in [5.41, 5.74) is 3.25. The van der Waals surface area contributed by atoms with Crippen molar-refractivity contribution < 1.29 is 17.9 Å². The number of ether oxygens (including phenoxy) is 1. The molecule has 1 atom stereocenters. The lowest BCUT2D eigenvalue weighted by atomic mass is 9.97. The number of carbonyl (C=O) groups excluding carboxylic acids is 1.